The van der Waals surface area contributed by atoms with Gasteiger partial charge in [0.1, 0.15) is 17.3 Å². The van der Waals surface area contributed by atoms with Gasteiger partial charge in [-0.05, 0) is 55.5 Å². The zero-order valence-corrected chi connectivity index (χ0v) is 26.4. The second kappa shape index (κ2) is 12.9. The number of hydrogen-bond donors (Lipinski definition) is 1. The molecule has 0 radical (unpaired) electrons. The molecule has 1 atom stereocenters. The fourth-order valence-electron chi connectivity index (χ4n) is 5.71. The number of ether oxygens (including phenoxy) is 1. The van der Waals surface area contributed by atoms with Crippen molar-refractivity contribution in [3.8, 4) is 28.8 Å². The van der Waals surface area contributed by atoms with Crippen LogP contribution >= 0.6 is 0 Å². The van der Waals surface area contributed by atoms with Crippen LogP contribution in [-0.4, -0.2) is 75.3 Å². The Morgan fingerprint density at radius 1 is 1.11 bits per heavy atom. The number of aromatic nitrogens is 4. The van der Waals surface area contributed by atoms with Crippen molar-refractivity contribution in [2.75, 3.05) is 33.8 Å². The van der Waals surface area contributed by atoms with Gasteiger partial charge < -0.3 is 14.5 Å². The largest absolute Gasteiger partial charge is 0.464 e. The molecule has 1 saturated heterocycles. The number of amides is 1. The van der Waals surface area contributed by atoms with E-state index in [-0.39, 0.29) is 29.6 Å². The third-order valence-electron chi connectivity index (χ3n) is 8.49. The number of quaternary nitrogens is 1. The van der Waals surface area contributed by atoms with Crippen LogP contribution in [0.25, 0.3) is 22.8 Å². The first kappa shape index (κ1) is 33.2. The Morgan fingerprint density at radius 3 is 2.43 bits per heavy atom. The van der Waals surface area contributed by atoms with E-state index in [4.69, 9.17) is 4.74 Å². The van der Waals surface area contributed by atoms with Crippen LogP contribution in [0.2, 0.25) is 0 Å². The molecule has 0 aliphatic carbocycles. The molecule has 11 nitrogen and oxygen atoms in total. The summed E-state index contributed by atoms with van der Waals surface area (Å²) in [6.45, 7) is 3.57. The van der Waals surface area contributed by atoms with E-state index in [1.54, 1.807) is 30.3 Å². The number of halogens is 3. The van der Waals surface area contributed by atoms with Crippen molar-refractivity contribution in [3.05, 3.63) is 87.8 Å². The topological polar surface area (TPSA) is 124 Å². The summed E-state index contributed by atoms with van der Waals surface area (Å²) in [5, 5.41) is 16.1. The highest BCUT2D eigenvalue weighted by atomic mass is 19.4. The van der Waals surface area contributed by atoms with E-state index in [1.807, 2.05) is 6.07 Å². The number of benzene rings is 2. The van der Waals surface area contributed by atoms with Gasteiger partial charge in [-0.2, -0.15) is 23.5 Å². The predicted molar refractivity (Wildman–Crippen MR) is 166 cm³/mol. The Kier molecular flexibility index (Phi) is 9.13. The van der Waals surface area contributed by atoms with Gasteiger partial charge in [-0.1, -0.05) is 6.07 Å². The van der Waals surface area contributed by atoms with E-state index in [2.05, 4.69) is 24.5 Å². The lowest BCUT2D eigenvalue weighted by Gasteiger charge is -2.37. The predicted octanol–water partition coefficient (Wildman–Crippen LogP) is 4.07. The number of nitrogens with zero attached hydrogens (tertiary/aromatic N) is 6. The van der Waals surface area contributed by atoms with Crippen LogP contribution in [0.5, 0.6) is 0 Å². The maximum Gasteiger partial charge on any atom is 0.416 e. The number of alkyl halides is 3. The molecule has 0 spiro atoms. The molecule has 1 unspecified atom stereocenters. The lowest BCUT2D eigenvalue weighted by molar-refractivity contribution is -0.896. The molecule has 1 amide bonds. The number of esters is 1. The van der Waals surface area contributed by atoms with E-state index in [0.29, 0.717) is 11.3 Å². The molecule has 14 heteroatoms. The Bertz CT molecular complexity index is 1890. The van der Waals surface area contributed by atoms with Crippen molar-refractivity contribution < 1.29 is 32.0 Å². The molecule has 5 rings (SSSR count). The Morgan fingerprint density at radius 2 is 1.79 bits per heavy atom. The molecule has 246 valence electrons. The molecule has 0 saturated carbocycles. The van der Waals surface area contributed by atoms with Gasteiger partial charge in [-0.15, -0.1) is 0 Å². The summed E-state index contributed by atoms with van der Waals surface area (Å²) in [5.74, 6) is -1.38. The number of piperidine rings is 1. The molecule has 1 N–H and O–H groups in total. The smallest absolute Gasteiger partial charge is 0.416 e. The molecule has 1 aliphatic rings. The number of carbonyl (C=O) groups excluding carboxylic acids is 2. The van der Waals surface area contributed by atoms with Crippen molar-refractivity contribution in [1.82, 2.24) is 24.5 Å². The number of likely N-dealkylation sites (tertiary alicyclic amines) is 1. The van der Waals surface area contributed by atoms with Gasteiger partial charge in [-0.25, -0.2) is 14.2 Å². The fourth-order valence-corrected chi connectivity index (χ4v) is 5.71. The van der Waals surface area contributed by atoms with Gasteiger partial charge in [0.15, 0.2) is 0 Å². The number of carbonyl (C=O) groups is 2. The van der Waals surface area contributed by atoms with Crippen LogP contribution in [0, 0.1) is 17.2 Å². The summed E-state index contributed by atoms with van der Waals surface area (Å²) in [4.78, 5) is 40.7. The van der Waals surface area contributed by atoms with E-state index < -0.39 is 40.8 Å². The van der Waals surface area contributed by atoms with Crippen LogP contribution in [-0.2, 0) is 22.8 Å². The van der Waals surface area contributed by atoms with Gasteiger partial charge in [0.05, 0.1) is 74.3 Å². The first-order valence-electron chi connectivity index (χ1n) is 15.0. The highest BCUT2D eigenvalue weighted by Gasteiger charge is 2.34. The van der Waals surface area contributed by atoms with E-state index in [0.717, 1.165) is 47.2 Å². The molecule has 2 aromatic carbocycles. The summed E-state index contributed by atoms with van der Waals surface area (Å²) >= 11 is 0. The average Bonchev–Trinajstić information content (AvgIpc) is 3.61. The Labute approximate surface area is 269 Å². The van der Waals surface area contributed by atoms with Crippen molar-refractivity contribution in [2.45, 2.75) is 32.0 Å². The van der Waals surface area contributed by atoms with Crippen LogP contribution in [0.3, 0.4) is 0 Å². The minimum absolute atomic E-state index is 0.0373. The van der Waals surface area contributed by atoms with Crippen LogP contribution in [0.15, 0.2) is 65.6 Å². The molecule has 2 aromatic heterocycles. The first-order chi connectivity index (χ1) is 22.2. The SMILES string of the molecule is CC(NC(=O)c1c(-c2ccnn2-c2ccc(C#N)cc2)n(C)n(-c2cccc(C(F)(F)F)c2)c1=O)C(=O)OCC1CC[N+](C)(C)CC1. The fraction of sp³-hybridized carbons (Fsp3) is 0.364. The van der Waals surface area contributed by atoms with Gasteiger partial charge in [0, 0.05) is 25.8 Å². The number of nitriles is 1. The van der Waals surface area contributed by atoms with E-state index >= 15 is 0 Å². The number of rotatable bonds is 8. The van der Waals surface area contributed by atoms with Crippen LogP contribution in [0.4, 0.5) is 13.2 Å². The summed E-state index contributed by atoms with van der Waals surface area (Å²) in [6.07, 6.45) is -1.44. The maximum atomic E-state index is 14.0. The quantitative estimate of drug-likeness (QED) is 0.227. The van der Waals surface area contributed by atoms with E-state index in [1.165, 1.54) is 41.7 Å². The standard InChI is InChI=1S/C33H34F3N7O4/c1-21(32(46)47-20-23-13-16-43(3,4)17-14-23)39-30(44)28-29(27-12-15-38-41(27)25-10-8-22(19-37)9-11-25)40(2)42(31(28)45)26-7-5-6-24(18-26)33(34,35)36/h5-12,15,18,21,23H,13-14,16-17,20H2,1-4H3/p+1. The van der Waals surface area contributed by atoms with Crippen molar-refractivity contribution in [3.63, 3.8) is 0 Å². The minimum Gasteiger partial charge on any atom is -0.464 e. The summed E-state index contributed by atoms with van der Waals surface area (Å²) in [7, 11) is 5.73. The lowest BCUT2D eigenvalue weighted by atomic mass is 9.97. The third-order valence-corrected chi connectivity index (χ3v) is 8.49. The number of hydrogen-bond acceptors (Lipinski definition) is 6. The van der Waals surface area contributed by atoms with E-state index in [9.17, 15) is 32.8 Å². The summed E-state index contributed by atoms with van der Waals surface area (Å²) in [6, 6.07) is 13.0. The zero-order valence-electron chi connectivity index (χ0n) is 26.4. The van der Waals surface area contributed by atoms with Gasteiger partial charge in [0.25, 0.3) is 11.5 Å². The van der Waals surface area contributed by atoms with Crippen molar-refractivity contribution in [1.29, 1.82) is 5.26 Å². The highest BCUT2D eigenvalue weighted by molar-refractivity contribution is 6.01. The van der Waals surface area contributed by atoms with Crippen molar-refractivity contribution >= 4 is 11.9 Å². The minimum atomic E-state index is -4.68. The Hall–Kier alpha value is -5.16. The number of nitrogens with one attached hydrogen (secondary N) is 1. The average molecular weight is 651 g/mol. The third kappa shape index (κ3) is 7.00. The second-order valence-corrected chi connectivity index (χ2v) is 12.4. The molecule has 47 heavy (non-hydrogen) atoms. The monoisotopic (exact) mass is 650 g/mol. The molecule has 3 heterocycles. The van der Waals surface area contributed by atoms with Crippen LogP contribution in [0.1, 0.15) is 41.3 Å². The second-order valence-electron chi connectivity index (χ2n) is 12.4. The molecular weight excluding hydrogens is 615 g/mol. The zero-order chi connectivity index (χ0) is 34.1. The maximum absolute atomic E-state index is 14.0. The van der Waals surface area contributed by atoms with Gasteiger partial charge in [-0.3, -0.25) is 14.3 Å². The molecule has 4 aromatic rings. The lowest BCUT2D eigenvalue weighted by Crippen LogP contribution is -2.47. The molecule has 1 fully saturated rings. The summed E-state index contributed by atoms with van der Waals surface area (Å²) in [5.41, 5.74) is -1.22. The molecule has 0 bridgehead atoms. The van der Waals surface area contributed by atoms with Gasteiger partial charge in [0.2, 0.25) is 0 Å². The van der Waals surface area contributed by atoms with Gasteiger partial charge >= 0.3 is 12.1 Å². The van der Waals surface area contributed by atoms with Crippen molar-refractivity contribution in [2.24, 2.45) is 13.0 Å². The Balaban J connectivity index is 1.51. The highest BCUT2D eigenvalue weighted by Crippen LogP contribution is 2.31. The molecular formula is C33H35F3N7O4+. The first-order valence-corrected chi connectivity index (χ1v) is 15.0. The summed E-state index contributed by atoms with van der Waals surface area (Å²) < 4.78 is 50.9. The normalized spacial score (nSPS) is 15.5. The molecule has 1 aliphatic heterocycles. The van der Waals surface area contributed by atoms with Crippen LogP contribution < -0.4 is 10.9 Å².